The first-order valence-electron chi connectivity index (χ1n) is 9.89. The Kier molecular flexibility index (Phi) is 1.78. The highest BCUT2D eigenvalue weighted by molar-refractivity contribution is 5.34. The zero-order valence-corrected chi connectivity index (χ0v) is 14.4. The molecule has 0 heteroatoms. The van der Waals surface area contributed by atoms with E-state index in [2.05, 4.69) is 27.7 Å². The lowest BCUT2D eigenvalue weighted by Crippen LogP contribution is -2.70. The summed E-state index contributed by atoms with van der Waals surface area (Å²) >= 11 is 0. The summed E-state index contributed by atoms with van der Waals surface area (Å²) in [6.45, 7) is 10.9. The number of hydrogen-bond donors (Lipinski definition) is 0. The summed E-state index contributed by atoms with van der Waals surface area (Å²) in [6.07, 6.45) is 11.0. The van der Waals surface area contributed by atoms with Gasteiger partial charge in [0.15, 0.2) is 0 Å². The molecule has 0 spiro atoms. The third-order valence-corrected chi connectivity index (χ3v) is 11.8. The average molecular weight is 284 g/mol. The van der Waals surface area contributed by atoms with Crippen LogP contribution in [-0.2, 0) is 0 Å². The van der Waals surface area contributed by atoms with Crippen LogP contribution in [0.3, 0.4) is 0 Å². The Balaban J connectivity index is 1.54. The fourth-order valence-electron chi connectivity index (χ4n) is 10.7. The second-order valence-corrected chi connectivity index (χ2v) is 11.0. The van der Waals surface area contributed by atoms with Gasteiger partial charge in [0, 0.05) is 0 Å². The fraction of sp³-hybridized carbons (Fsp3) is 1.00. The molecule has 6 fully saturated rings. The van der Waals surface area contributed by atoms with Crippen LogP contribution in [-0.4, -0.2) is 0 Å². The lowest BCUT2D eigenvalue weighted by Gasteiger charge is -2.75. The van der Waals surface area contributed by atoms with Gasteiger partial charge in [0.25, 0.3) is 0 Å². The van der Waals surface area contributed by atoms with Crippen LogP contribution < -0.4 is 0 Å². The van der Waals surface area contributed by atoms with Gasteiger partial charge in [0.2, 0.25) is 0 Å². The van der Waals surface area contributed by atoms with Crippen molar-refractivity contribution in [3.8, 4) is 0 Å². The van der Waals surface area contributed by atoms with Gasteiger partial charge in [-0.3, -0.25) is 0 Å². The van der Waals surface area contributed by atoms with Crippen LogP contribution in [0, 0.1) is 57.2 Å². The van der Waals surface area contributed by atoms with E-state index in [-0.39, 0.29) is 0 Å². The van der Waals surface area contributed by atoms with Gasteiger partial charge in [0.05, 0.1) is 0 Å². The zero-order valence-electron chi connectivity index (χ0n) is 14.4. The van der Waals surface area contributed by atoms with Crippen molar-refractivity contribution in [2.75, 3.05) is 0 Å². The molecule has 0 aliphatic heterocycles. The van der Waals surface area contributed by atoms with Crippen molar-refractivity contribution in [2.45, 2.75) is 72.6 Å². The summed E-state index contributed by atoms with van der Waals surface area (Å²) in [5.41, 5.74) is 2.91. The second-order valence-electron chi connectivity index (χ2n) is 11.0. The van der Waals surface area contributed by atoms with Crippen molar-refractivity contribution >= 4 is 0 Å². The molecule has 0 nitrogen and oxygen atoms in total. The van der Waals surface area contributed by atoms with Crippen molar-refractivity contribution < 1.29 is 0 Å². The second kappa shape index (κ2) is 3.01. The van der Waals surface area contributed by atoms with Crippen molar-refractivity contribution in [3.63, 3.8) is 0 Å². The monoisotopic (exact) mass is 284 g/mol. The molecule has 6 rings (SSSR count). The van der Waals surface area contributed by atoms with E-state index in [1.807, 2.05) is 0 Å². The van der Waals surface area contributed by atoms with Crippen molar-refractivity contribution in [3.05, 3.63) is 0 Å². The lowest BCUT2D eigenvalue weighted by atomic mass is 9.29. The van der Waals surface area contributed by atoms with Gasteiger partial charge in [-0.05, 0) is 95.7 Å². The molecule has 0 saturated heterocycles. The molecule has 6 saturated carbocycles. The summed E-state index contributed by atoms with van der Waals surface area (Å²) in [7, 11) is 0. The van der Waals surface area contributed by atoms with E-state index in [0.29, 0.717) is 10.8 Å². The molecule has 10 atom stereocenters. The highest BCUT2D eigenvalue weighted by Crippen LogP contribution is 2.92. The third kappa shape index (κ3) is 0.856. The highest BCUT2D eigenvalue weighted by Gasteiger charge is 2.86. The van der Waals surface area contributed by atoms with Gasteiger partial charge in [-0.15, -0.1) is 0 Å². The van der Waals surface area contributed by atoms with Crippen LogP contribution in [0.15, 0.2) is 0 Å². The Hall–Kier alpha value is 0. The molecule has 0 aromatic carbocycles. The molecular formula is C21H32. The number of hydrogen-bond acceptors (Lipinski definition) is 0. The van der Waals surface area contributed by atoms with Gasteiger partial charge in [-0.1, -0.05) is 34.1 Å². The molecular weight excluding hydrogens is 252 g/mol. The molecule has 21 heavy (non-hydrogen) atoms. The summed E-state index contributed by atoms with van der Waals surface area (Å²) in [5, 5.41) is 0. The van der Waals surface area contributed by atoms with Crippen LogP contribution in [0.2, 0.25) is 0 Å². The van der Waals surface area contributed by atoms with E-state index in [9.17, 15) is 0 Å². The minimum Gasteiger partial charge on any atom is -0.0588 e. The van der Waals surface area contributed by atoms with E-state index < -0.39 is 0 Å². The number of rotatable bonds is 0. The van der Waals surface area contributed by atoms with Gasteiger partial charge in [-0.25, -0.2) is 0 Å². The van der Waals surface area contributed by atoms with Crippen molar-refractivity contribution in [1.29, 1.82) is 0 Å². The molecule has 6 aliphatic carbocycles. The molecule has 10 unspecified atom stereocenters. The first-order chi connectivity index (χ1) is 9.89. The molecule has 0 radical (unpaired) electrons. The molecule has 4 bridgehead atoms. The topological polar surface area (TPSA) is 0 Å². The molecule has 116 valence electrons. The van der Waals surface area contributed by atoms with Gasteiger partial charge in [0.1, 0.15) is 0 Å². The Labute approximate surface area is 130 Å². The van der Waals surface area contributed by atoms with Crippen LogP contribution in [0.1, 0.15) is 72.6 Å². The Morgan fingerprint density at radius 1 is 0.667 bits per heavy atom. The van der Waals surface area contributed by atoms with E-state index in [1.165, 1.54) is 6.42 Å². The Morgan fingerprint density at radius 3 is 1.62 bits per heavy atom. The molecule has 0 N–H and O–H groups in total. The largest absolute Gasteiger partial charge is 0.0588 e. The van der Waals surface area contributed by atoms with Gasteiger partial charge in [-0.2, -0.15) is 0 Å². The minimum atomic E-state index is 0.713. The molecule has 0 amide bonds. The minimum absolute atomic E-state index is 0.713. The SMILES string of the molecule is CC12CCCC1(C)C1CC2C2C1C1(C)C3CCC(C3)C21C. The van der Waals surface area contributed by atoms with E-state index in [1.54, 1.807) is 38.5 Å². The first-order valence-corrected chi connectivity index (χ1v) is 9.89. The van der Waals surface area contributed by atoms with Crippen molar-refractivity contribution in [1.82, 2.24) is 0 Å². The highest BCUT2D eigenvalue weighted by atomic mass is 14.9. The summed E-state index contributed by atoms with van der Waals surface area (Å²) in [5.74, 6) is 6.64. The predicted octanol–water partition coefficient (Wildman–Crippen LogP) is 5.52. The molecule has 0 aromatic heterocycles. The summed E-state index contributed by atoms with van der Waals surface area (Å²) < 4.78 is 0. The van der Waals surface area contributed by atoms with Gasteiger partial charge >= 0.3 is 0 Å². The standard InChI is InChI=1S/C21H32/c1-18-8-5-9-19(18,2)15-11-14(18)16-17(15)21(4)13-7-6-12(10-13)20(16,21)3/h12-17H,5-11H2,1-4H3. The Bertz CT molecular complexity index is 504. The molecule has 0 aromatic rings. The van der Waals surface area contributed by atoms with E-state index >= 15 is 0 Å². The van der Waals surface area contributed by atoms with E-state index in [0.717, 1.165) is 46.3 Å². The van der Waals surface area contributed by atoms with Crippen molar-refractivity contribution in [2.24, 2.45) is 57.2 Å². The van der Waals surface area contributed by atoms with Crippen LogP contribution in [0.25, 0.3) is 0 Å². The maximum Gasteiger partial charge on any atom is -0.0204 e. The summed E-state index contributed by atoms with van der Waals surface area (Å²) in [6, 6.07) is 0. The fourth-order valence-corrected chi connectivity index (χ4v) is 10.7. The van der Waals surface area contributed by atoms with Crippen LogP contribution in [0.4, 0.5) is 0 Å². The lowest BCUT2D eigenvalue weighted by molar-refractivity contribution is -0.278. The summed E-state index contributed by atoms with van der Waals surface area (Å²) in [4.78, 5) is 0. The van der Waals surface area contributed by atoms with E-state index in [4.69, 9.17) is 0 Å². The molecule has 0 heterocycles. The predicted molar refractivity (Wildman–Crippen MR) is 85.7 cm³/mol. The maximum atomic E-state index is 2.76. The normalized spacial score (nSPS) is 76.0. The Morgan fingerprint density at radius 2 is 1.14 bits per heavy atom. The third-order valence-electron chi connectivity index (χ3n) is 11.8. The maximum absolute atomic E-state index is 2.76. The quantitative estimate of drug-likeness (QED) is 0.514. The zero-order chi connectivity index (χ0) is 14.4. The molecule has 6 aliphatic rings. The average Bonchev–Trinajstić information content (AvgIpc) is 3.17. The number of fused-ring (bicyclic) bond motifs is 15. The van der Waals surface area contributed by atoms with Crippen LogP contribution >= 0.6 is 0 Å². The van der Waals surface area contributed by atoms with Gasteiger partial charge < -0.3 is 0 Å². The smallest absolute Gasteiger partial charge is 0.0204 e. The first kappa shape index (κ1) is 12.4. The van der Waals surface area contributed by atoms with Crippen LogP contribution in [0.5, 0.6) is 0 Å².